The van der Waals surface area contributed by atoms with Crippen LogP contribution >= 0.6 is 0 Å². The van der Waals surface area contributed by atoms with Crippen LogP contribution in [0.2, 0.25) is 0 Å². The third-order valence-electron chi connectivity index (χ3n) is 10.5. The van der Waals surface area contributed by atoms with Crippen molar-refractivity contribution in [2.24, 2.45) is 0 Å². The molecule has 0 bridgehead atoms. The van der Waals surface area contributed by atoms with Gasteiger partial charge in [-0.25, -0.2) is 4.98 Å². The topological polar surface area (TPSA) is 56.7 Å². The summed E-state index contributed by atoms with van der Waals surface area (Å²) in [7, 11) is 0. The van der Waals surface area contributed by atoms with Gasteiger partial charge in [-0.05, 0) is 63.9 Å². The van der Waals surface area contributed by atoms with Crippen molar-refractivity contribution in [2.75, 3.05) is 0 Å². The van der Waals surface area contributed by atoms with Crippen molar-refractivity contribution in [1.82, 2.24) is 19.5 Å². The van der Waals surface area contributed by atoms with E-state index in [0.717, 1.165) is 87.9 Å². The average Bonchev–Trinajstić information content (AvgIpc) is 3.79. The molecule has 11 aromatic rings. The predicted octanol–water partition coefficient (Wildman–Crippen LogP) is 12.7. The minimum Gasteiger partial charge on any atom is -0.455 e. The molecule has 0 N–H and O–H groups in total. The Balaban J connectivity index is 1.15. The normalized spacial score (nSPS) is 11.7. The zero-order valence-corrected chi connectivity index (χ0v) is 29.0. The first-order valence-corrected chi connectivity index (χ1v) is 18.1. The highest BCUT2D eigenvalue weighted by atomic mass is 16.3. The second-order valence-electron chi connectivity index (χ2n) is 13.6. The molecule has 54 heavy (non-hydrogen) atoms. The molecule has 0 saturated heterocycles. The molecule has 0 fully saturated rings. The molecule has 5 nitrogen and oxygen atoms in total. The van der Waals surface area contributed by atoms with Crippen molar-refractivity contribution in [3.63, 3.8) is 0 Å². The highest BCUT2D eigenvalue weighted by Crippen LogP contribution is 2.41. The molecule has 0 saturated carbocycles. The van der Waals surface area contributed by atoms with Gasteiger partial charge in [-0.15, -0.1) is 0 Å². The second-order valence-corrected chi connectivity index (χ2v) is 13.6. The fourth-order valence-electron chi connectivity index (χ4n) is 7.92. The Hall–Kier alpha value is -7.37. The molecule has 252 valence electrons. The number of benzene rings is 8. The van der Waals surface area contributed by atoms with Crippen molar-refractivity contribution in [1.29, 1.82) is 0 Å². The lowest BCUT2D eigenvalue weighted by Crippen LogP contribution is -2.06. The van der Waals surface area contributed by atoms with E-state index in [-0.39, 0.29) is 0 Å². The molecule has 0 amide bonds. The maximum atomic E-state index is 6.49. The first-order chi connectivity index (χ1) is 26.8. The summed E-state index contributed by atoms with van der Waals surface area (Å²) in [5, 5.41) is 6.69. The fraction of sp³-hybridized carbons (Fsp3) is 0. The Bertz CT molecular complexity index is 3210. The lowest BCUT2D eigenvalue weighted by atomic mass is 9.95. The largest absolute Gasteiger partial charge is 0.455 e. The zero-order chi connectivity index (χ0) is 35.6. The van der Waals surface area contributed by atoms with E-state index in [0.29, 0.717) is 17.6 Å². The number of aromatic nitrogens is 4. The molecular formula is C49H30N4O. The van der Waals surface area contributed by atoms with E-state index in [1.165, 1.54) is 0 Å². The molecule has 5 heteroatoms. The zero-order valence-electron chi connectivity index (χ0n) is 29.0. The van der Waals surface area contributed by atoms with Gasteiger partial charge in [-0.2, -0.15) is 9.97 Å². The molecule has 0 aliphatic rings. The van der Waals surface area contributed by atoms with Crippen LogP contribution in [0.5, 0.6) is 0 Å². The minimum atomic E-state index is 0.573. The third-order valence-corrected chi connectivity index (χ3v) is 10.5. The quantitative estimate of drug-likeness (QED) is 0.180. The van der Waals surface area contributed by atoms with Crippen LogP contribution in [-0.4, -0.2) is 19.5 Å². The summed E-state index contributed by atoms with van der Waals surface area (Å²) in [4.78, 5) is 15.5. The molecule has 8 aromatic carbocycles. The Morgan fingerprint density at radius 3 is 1.87 bits per heavy atom. The number of hydrogen-bond acceptors (Lipinski definition) is 4. The van der Waals surface area contributed by atoms with Gasteiger partial charge in [0, 0.05) is 38.2 Å². The fourth-order valence-corrected chi connectivity index (χ4v) is 7.92. The van der Waals surface area contributed by atoms with Gasteiger partial charge in [-0.3, -0.25) is 4.57 Å². The highest BCUT2D eigenvalue weighted by molar-refractivity contribution is 6.13. The van der Waals surface area contributed by atoms with E-state index in [9.17, 15) is 0 Å². The van der Waals surface area contributed by atoms with Crippen molar-refractivity contribution >= 4 is 54.5 Å². The number of nitrogens with zero attached hydrogens (tertiary/aromatic N) is 4. The molecule has 11 rings (SSSR count). The van der Waals surface area contributed by atoms with E-state index in [4.69, 9.17) is 19.4 Å². The van der Waals surface area contributed by atoms with Crippen LogP contribution in [0.25, 0.3) is 105 Å². The van der Waals surface area contributed by atoms with Crippen molar-refractivity contribution in [3.05, 3.63) is 182 Å². The molecule has 0 atom stereocenters. The van der Waals surface area contributed by atoms with Gasteiger partial charge in [-0.1, -0.05) is 146 Å². The van der Waals surface area contributed by atoms with E-state index < -0.39 is 0 Å². The first-order valence-electron chi connectivity index (χ1n) is 18.1. The van der Waals surface area contributed by atoms with Crippen molar-refractivity contribution < 1.29 is 4.42 Å². The Labute approximate surface area is 310 Å². The van der Waals surface area contributed by atoms with Crippen LogP contribution in [0.1, 0.15) is 0 Å². The first kappa shape index (κ1) is 30.3. The van der Waals surface area contributed by atoms with Gasteiger partial charge < -0.3 is 4.42 Å². The molecule has 3 aromatic heterocycles. The van der Waals surface area contributed by atoms with Crippen LogP contribution in [0.3, 0.4) is 0 Å². The SMILES string of the molecule is c1ccc(-c2nc(-c3cccc4ccccc34)nc(-n3c4ccccc4c4cc(-c5cc(-c6ccccc6)c6oc7ccccc7c6c5)ccc43)n2)cc1. The van der Waals surface area contributed by atoms with Gasteiger partial charge in [0.05, 0.1) is 11.0 Å². The molecule has 0 aliphatic heterocycles. The van der Waals surface area contributed by atoms with Crippen molar-refractivity contribution in [3.8, 4) is 51.0 Å². The van der Waals surface area contributed by atoms with Crippen LogP contribution in [0, 0.1) is 0 Å². The molecule has 0 spiro atoms. The summed E-state index contributed by atoms with van der Waals surface area (Å²) < 4.78 is 8.67. The third kappa shape index (κ3) is 4.83. The van der Waals surface area contributed by atoms with E-state index in [1.807, 2.05) is 48.5 Å². The van der Waals surface area contributed by atoms with E-state index in [1.54, 1.807) is 0 Å². The molecule has 3 heterocycles. The van der Waals surface area contributed by atoms with Gasteiger partial charge in [0.1, 0.15) is 11.2 Å². The molecular weight excluding hydrogens is 661 g/mol. The van der Waals surface area contributed by atoms with Gasteiger partial charge in [0.2, 0.25) is 5.95 Å². The minimum absolute atomic E-state index is 0.573. The maximum absolute atomic E-state index is 6.49. The summed E-state index contributed by atoms with van der Waals surface area (Å²) in [6.45, 7) is 0. The summed E-state index contributed by atoms with van der Waals surface area (Å²) in [6, 6.07) is 63.3. The standard InChI is InChI=1S/C49H30N4O/c1-3-14-32(15-4-1)40-29-35(30-42-38-22-10-12-25-45(38)54-46(40)42)34-26-27-44-41(28-34)37-21-9-11-24-43(37)53(44)49-51-47(33-17-5-2-6-18-33)50-48(52-49)39-23-13-19-31-16-7-8-20-36(31)39/h1-30H. The maximum Gasteiger partial charge on any atom is 0.238 e. The average molecular weight is 691 g/mol. The summed E-state index contributed by atoms with van der Waals surface area (Å²) >= 11 is 0. The summed E-state index contributed by atoms with van der Waals surface area (Å²) in [6.07, 6.45) is 0. The molecule has 0 radical (unpaired) electrons. The Morgan fingerprint density at radius 2 is 1.02 bits per heavy atom. The molecule has 0 unspecified atom stereocenters. The van der Waals surface area contributed by atoms with E-state index in [2.05, 4.69) is 138 Å². The van der Waals surface area contributed by atoms with Crippen LogP contribution in [0.15, 0.2) is 186 Å². The van der Waals surface area contributed by atoms with Crippen LogP contribution in [0.4, 0.5) is 0 Å². The second kappa shape index (κ2) is 12.1. The van der Waals surface area contributed by atoms with E-state index >= 15 is 0 Å². The Morgan fingerprint density at radius 1 is 0.370 bits per heavy atom. The number of para-hydroxylation sites is 2. The number of furan rings is 1. The van der Waals surface area contributed by atoms with Gasteiger partial charge >= 0.3 is 0 Å². The predicted molar refractivity (Wildman–Crippen MR) is 221 cm³/mol. The molecule has 0 aliphatic carbocycles. The lowest BCUT2D eigenvalue weighted by molar-refractivity contribution is 0.670. The lowest BCUT2D eigenvalue weighted by Gasteiger charge is -2.12. The summed E-state index contributed by atoms with van der Waals surface area (Å²) in [5.41, 5.74) is 10.2. The van der Waals surface area contributed by atoms with Crippen LogP contribution < -0.4 is 0 Å². The Kier molecular flexibility index (Phi) is 6.79. The van der Waals surface area contributed by atoms with Crippen LogP contribution in [-0.2, 0) is 0 Å². The van der Waals surface area contributed by atoms with Gasteiger partial charge in [0.25, 0.3) is 0 Å². The van der Waals surface area contributed by atoms with Gasteiger partial charge in [0.15, 0.2) is 11.6 Å². The number of hydrogen-bond donors (Lipinski definition) is 0. The number of fused-ring (bicyclic) bond motifs is 7. The van der Waals surface area contributed by atoms with Crippen molar-refractivity contribution in [2.45, 2.75) is 0 Å². The number of rotatable bonds is 5. The summed E-state index contributed by atoms with van der Waals surface area (Å²) in [5.74, 6) is 1.83. The highest BCUT2D eigenvalue weighted by Gasteiger charge is 2.20. The monoisotopic (exact) mass is 690 g/mol. The smallest absolute Gasteiger partial charge is 0.238 e.